The Balaban J connectivity index is 3.38. The minimum absolute atomic E-state index is 0.500. The van der Waals surface area contributed by atoms with Crippen molar-refractivity contribution in [3.63, 3.8) is 0 Å². The average Bonchev–Trinajstić information content (AvgIpc) is 1.89. The van der Waals surface area contributed by atoms with E-state index in [0.29, 0.717) is 5.17 Å². The lowest BCUT2D eigenvalue weighted by Crippen LogP contribution is -2.03. The number of hydrogen-bond donors (Lipinski definition) is 1. The zero-order valence-electron chi connectivity index (χ0n) is 5.66. The van der Waals surface area contributed by atoms with Crippen LogP contribution >= 0.6 is 11.9 Å². The second-order valence-electron chi connectivity index (χ2n) is 1.35. The Morgan fingerprint density at radius 3 is 2.89 bits per heavy atom. The van der Waals surface area contributed by atoms with Crippen LogP contribution in [0, 0.1) is 0 Å². The second kappa shape index (κ2) is 5.62. The van der Waals surface area contributed by atoms with E-state index in [1.807, 2.05) is 6.92 Å². The molecule has 0 aromatic carbocycles. The molecular formula is C5H11N3S. The van der Waals surface area contributed by atoms with Gasteiger partial charge in [-0.2, -0.15) is 0 Å². The van der Waals surface area contributed by atoms with E-state index >= 15 is 0 Å². The van der Waals surface area contributed by atoms with Gasteiger partial charge in [0.05, 0.1) is 0 Å². The summed E-state index contributed by atoms with van der Waals surface area (Å²) in [5, 5.41) is 0.500. The Labute approximate surface area is 59.6 Å². The molecule has 3 nitrogen and oxygen atoms in total. The molecule has 4 heteroatoms. The molecule has 0 aromatic heterocycles. The average molecular weight is 145 g/mol. The van der Waals surface area contributed by atoms with Crippen LogP contribution in [0.1, 0.15) is 13.3 Å². The third-order valence-corrected chi connectivity index (χ3v) is 1.25. The Bertz CT molecular complexity index is 119. The lowest BCUT2D eigenvalue weighted by atomic mass is 10.6. The smallest absolute Gasteiger partial charge is 0.176 e. The SMILES string of the molecule is CCC=NSC(N)=NC. The van der Waals surface area contributed by atoms with Gasteiger partial charge in [0.1, 0.15) is 0 Å². The largest absolute Gasteiger partial charge is 0.377 e. The van der Waals surface area contributed by atoms with E-state index in [0.717, 1.165) is 6.42 Å². The van der Waals surface area contributed by atoms with Gasteiger partial charge in [0.15, 0.2) is 5.17 Å². The molecule has 0 saturated carbocycles. The highest BCUT2D eigenvalue weighted by Crippen LogP contribution is 1.98. The van der Waals surface area contributed by atoms with Crippen molar-refractivity contribution in [1.82, 2.24) is 0 Å². The van der Waals surface area contributed by atoms with Crippen LogP contribution in [0.25, 0.3) is 0 Å². The summed E-state index contributed by atoms with van der Waals surface area (Å²) in [6, 6.07) is 0. The molecule has 0 rings (SSSR count). The Morgan fingerprint density at radius 1 is 1.78 bits per heavy atom. The molecule has 0 amide bonds. The molecule has 0 fully saturated rings. The molecule has 2 N–H and O–H groups in total. The molecule has 0 saturated heterocycles. The summed E-state index contributed by atoms with van der Waals surface area (Å²) in [6.45, 7) is 2.02. The van der Waals surface area contributed by atoms with Gasteiger partial charge in [-0.15, -0.1) is 0 Å². The first-order valence-corrected chi connectivity index (χ1v) is 3.49. The first kappa shape index (κ1) is 8.49. The Hall–Kier alpha value is -0.510. The van der Waals surface area contributed by atoms with Crippen LogP contribution in [0.2, 0.25) is 0 Å². The highest BCUT2D eigenvalue weighted by Gasteiger charge is 1.83. The van der Waals surface area contributed by atoms with E-state index in [1.165, 1.54) is 11.9 Å². The van der Waals surface area contributed by atoms with Gasteiger partial charge in [0, 0.05) is 25.2 Å². The number of nitrogens with two attached hydrogens (primary N) is 1. The summed E-state index contributed by atoms with van der Waals surface area (Å²) < 4.78 is 3.90. The summed E-state index contributed by atoms with van der Waals surface area (Å²) in [5.74, 6) is 0. The molecule has 0 spiro atoms. The van der Waals surface area contributed by atoms with E-state index in [-0.39, 0.29) is 0 Å². The van der Waals surface area contributed by atoms with Crippen LogP contribution in [-0.4, -0.2) is 18.4 Å². The van der Waals surface area contributed by atoms with Gasteiger partial charge in [0.2, 0.25) is 0 Å². The molecule has 0 unspecified atom stereocenters. The molecule has 52 valence electrons. The van der Waals surface area contributed by atoms with Crippen molar-refractivity contribution in [2.75, 3.05) is 7.05 Å². The summed E-state index contributed by atoms with van der Waals surface area (Å²) in [4.78, 5) is 3.70. The van der Waals surface area contributed by atoms with Gasteiger partial charge in [-0.1, -0.05) is 6.92 Å². The van der Waals surface area contributed by atoms with Crippen molar-refractivity contribution in [3.05, 3.63) is 0 Å². The van der Waals surface area contributed by atoms with Gasteiger partial charge in [-0.05, 0) is 6.42 Å². The molecule has 0 aromatic rings. The first-order valence-electron chi connectivity index (χ1n) is 2.72. The van der Waals surface area contributed by atoms with Crippen LogP contribution in [0.15, 0.2) is 9.39 Å². The lowest BCUT2D eigenvalue weighted by molar-refractivity contribution is 1.33. The van der Waals surface area contributed by atoms with Gasteiger partial charge in [0.25, 0.3) is 0 Å². The van der Waals surface area contributed by atoms with E-state index in [4.69, 9.17) is 5.73 Å². The summed E-state index contributed by atoms with van der Waals surface area (Å²) in [6.07, 6.45) is 2.73. The minimum atomic E-state index is 0.500. The van der Waals surface area contributed by atoms with Crippen molar-refractivity contribution in [3.8, 4) is 0 Å². The van der Waals surface area contributed by atoms with Crippen LogP contribution in [-0.2, 0) is 0 Å². The standard InChI is InChI=1S/C5H11N3S/c1-3-4-8-9-5(6)7-2/h4H,3H2,1-2H3,(H2,6,7). The monoisotopic (exact) mass is 145 g/mol. The molecule has 0 aliphatic heterocycles. The van der Waals surface area contributed by atoms with Gasteiger partial charge >= 0.3 is 0 Å². The normalized spacial score (nSPS) is 12.9. The molecule has 9 heavy (non-hydrogen) atoms. The third-order valence-electron chi connectivity index (χ3n) is 0.624. The quantitative estimate of drug-likeness (QED) is 0.359. The molecular weight excluding hydrogens is 134 g/mol. The number of hydrogen-bond acceptors (Lipinski definition) is 3. The predicted molar refractivity (Wildman–Crippen MR) is 43.9 cm³/mol. The zero-order valence-corrected chi connectivity index (χ0v) is 6.48. The third kappa shape index (κ3) is 5.36. The fraction of sp³-hybridized carbons (Fsp3) is 0.600. The molecule has 0 bridgehead atoms. The Morgan fingerprint density at radius 2 is 2.44 bits per heavy atom. The maximum absolute atomic E-state index is 5.31. The minimum Gasteiger partial charge on any atom is -0.377 e. The molecule has 0 heterocycles. The number of aliphatic imine (C=N–C) groups is 1. The van der Waals surface area contributed by atoms with Crippen LogP contribution < -0.4 is 5.73 Å². The van der Waals surface area contributed by atoms with Gasteiger partial charge < -0.3 is 5.73 Å². The lowest BCUT2D eigenvalue weighted by Gasteiger charge is -1.87. The van der Waals surface area contributed by atoms with Crippen molar-refractivity contribution in [1.29, 1.82) is 0 Å². The number of nitrogens with zero attached hydrogens (tertiary/aromatic N) is 2. The highest BCUT2D eigenvalue weighted by molar-refractivity contribution is 8.12. The summed E-state index contributed by atoms with van der Waals surface area (Å²) in [5.41, 5.74) is 5.31. The van der Waals surface area contributed by atoms with E-state index < -0.39 is 0 Å². The highest BCUT2D eigenvalue weighted by atomic mass is 32.2. The first-order chi connectivity index (χ1) is 4.31. The maximum atomic E-state index is 5.31. The van der Waals surface area contributed by atoms with Crippen LogP contribution in [0.3, 0.4) is 0 Å². The van der Waals surface area contributed by atoms with E-state index in [1.54, 1.807) is 13.3 Å². The molecule has 0 aliphatic rings. The van der Waals surface area contributed by atoms with Gasteiger partial charge in [-0.3, -0.25) is 4.99 Å². The fourth-order valence-electron chi connectivity index (χ4n) is 0.207. The van der Waals surface area contributed by atoms with Crippen LogP contribution in [0.5, 0.6) is 0 Å². The summed E-state index contributed by atoms with van der Waals surface area (Å²) in [7, 11) is 1.64. The maximum Gasteiger partial charge on any atom is 0.176 e. The molecule has 0 aliphatic carbocycles. The van der Waals surface area contributed by atoms with E-state index in [9.17, 15) is 0 Å². The van der Waals surface area contributed by atoms with Crippen LogP contribution in [0.4, 0.5) is 0 Å². The zero-order chi connectivity index (χ0) is 7.11. The Kier molecular flexibility index (Phi) is 5.30. The van der Waals surface area contributed by atoms with E-state index in [2.05, 4.69) is 9.39 Å². The molecule has 0 radical (unpaired) electrons. The van der Waals surface area contributed by atoms with Crippen molar-refractivity contribution >= 4 is 23.3 Å². The van der Waals surface area contributed by atoms with Gasteiger partial charge in [-0.25, -0.2) is 4.40 Å². The van der Waals surface area contributed by atoms with Crippen molar-refractivity contribution < 1.29 is 0 Å². The number of amidine groups is 1. The fourth-order valence-corrected chi connectivity index (χ4v) is 0.620. The van der Waals surface area contributed by atoms with Crippen molar-refractivity contribution in [2.24, 2.45) is 15.1 Å². The second-order valence-corrected chi connectivity index (χ2v) is 2.16. The van der Waals surface area contributed by atoms with Crippen molar-refractivity contribution in [2.45, 2.75) is 13.3 Å². The number of rotatable bonds is 2. The summed E-state index contributed by atoms with van der Waals surface area (Å²) >= 11 is 1.20. The molecule has 0 atom stereocenters. The topological polar surface area (TPSA) is 50.7 Å². The predicted octanol–water partition coefficient (Wildman–Crippen LogP) is 1.06.